The molecule has 1 aromatic rings. The molecule has 0 aliphatic carbocycles. The lowest BCUT2D eigenvalue weighted by Crippen LogP contribution is -2.06. The first-order valence-corrected chi connectivity index (χ1v) is 6.34. The Morgan fingerprint density at radius 1 is 1.29 bits per heavy atom. The lowest BCUT2D eigenvalue weighted by atomic mass is 10.00. The average Bonchev–Trinajstić information content (AvgIpc) is 2.28. The number of rotatable bonds is 6. The van der Waals surface area contributed by atoms with Gasteiger partial charge in [-0.05, 0) is 42.7 Å². The molecule has 0 radical (unpaired) electrons. The summed E-state index contributed by atoms with van der Waals surface area (Å²) in [4.78, 5) is 10.6. The molecular weight excluding hydrogens is 284 g/mol. The first kappa shape index (κ1) is 14.2. The van der Waals surface area contributed by atoms with Crippen LogP contribution < -0.4 is 4.74 Å². The van der Waals surface area contributed by atoms with Crippen LogP contribution in [0.15, 0.2) is 12.1 Å². The van der Waals surface area contributed by atoms with Gasteiger partial charge < -0.3 is 14.3 Å². The highest BCUT2D eigenvalue weighted by Crippen LogP contribution is 2.30. The summed E-state index contributed by atoms with van der Waals surface area (Å²) in [5, 5.41) is 0. The average molecular weight is 301 g/mol. The van der Waals surface area contributed by atoms with Crippen molar-refractivity contribution in [1.29, 1.82) is 0 Å². The molecule has 1 atom stereocenters. The Morgan fingerprint density at radius 3 is 2.35 bits per heavy atom. The summed E-state index contributed by atoms with van der Waals surface area (Å²) < 4.78 is 10.5. The van der Waals surface area contributed by atoms with Gasteiger partial charge in [0.05, 0.1) is 11.4 Å². The zero-order chi connectivity index (χ0) is 12.8. The number of alkyl halides is 1. The Bertz CT molecular complexity index is 367. The predicted octanol–water partition coefficient (Wildman–Crippen LogP) is 2.96. The van der Waals surface area contributed by atoms with Crippen LogP contribution in [0, 0.1) is 13.8 Å². The summed E-state index contributed by atoms with van der Waals surface area (Å²) in [6, 6.07) is 3.88. The first-order valence-electron chi connectivity index (χ1n) is 5.42. The Hall–Kier alpha value is -0.870. The number of halogens is 1. The first-order chi connectivity index (χ1) is 8.10. The summed E-state index contributed by atoms with van der Waals surface area (Å²) in [5.41, 5.74) is 3.11. The standard InChI is InChI=1S/C13H17BrO3/c1-9-6-11(17-5-4-16-3)7-10(2)13(9)12(14)8-15/h6-8,12H,4-5H2,1-3H3. The van der Waals surface area contributed by atoms with Crippen LogP contribution in [0.5, 0.6) is 5.75 Å². The van der Waals surface area contributed by atoms with Gasteiger partial charge in [0.2, 0.25) is 0 Å². The molecule has 0 fully saturated rings. The molecule has 0 bridgehead atoms. The minimum Gasteiger partial charge on any atom is -0.491 e. The van der Waals surface area contributed by atoms with Crippen LogP contribution in [-0.4, -0.2) is 26.6 Å². The SMILES string of the molecule is COCCOc1cc(C)c(C(Br)C=O)c(C)c1. The summed E-state index contributed by atoms with van der Waals surface area (Å²) in [6.45, 7) is 5.04. The molecule has 1 unspecified atom stereocenters. The van der Waals surface area contributed by atoms with Crippen molar-refractivity contribution in [3.63, 3.8) is 0 Å². The quantitative estimate of drug-likeness (QED) is 0.460. The maximum Gasteiger partial charge on any atom is 0.138 e. The lowest BCUT2D eigenvalue weighted by Gasteiger charge is -2.14. The highest BCUT2D eigenvalue weighted by Gasteiger charge is 2.13. The zero-order valence-electron chi connectivity index (χ0n) is 10.3. The summed E-state index contributed by atoms with van der Waals surface area (Å²) in [6.07, 6.45) is 0.890. The molecule has 4 heteroatoms. The number of methoxy groups -OCH3 is 1. The van der Waals surface area contributed by atoms with Crippen molar-refractivity contribution in [3.8, 4) is 5.75 Å². The molecule has 3 nitrogen and oxygen atoms in total. The van der Waals surface area contributed by atoms with Gasteiger partial charge in [-0.3, -0.25) is 0 Å². The van der Waals surface area contributed by atoms with E-state index in [0.29, 0.717) is 13.2 Å². The minimum absolute atomic E-state index is 0.254. The molecule has 94 valence electrons. The van der Waals surface area contributed by atoms with Crippen LogP contribution in [0.25, 0.3) is 0 Å². The van der Waals surface area contributed by atoms with E-state index in [1.54, 1.807) is 7.11 Å². The largest absolute Gasteiger partial charge is 0.491 e. The minimum atomic E-state index is -0.254. The second kappa shape index (κ2) is 6.77. The van der Waals surface area contributed by atoms with E-state index >= 15 is 0 Å². The number of carbonyl (C=O) groups is 1. The zero-order valence-corrected chi connectivity index (χ0v) is 11.9. The molecule has 0 amide bonds. The Morgan fingerprint density at radius 2 is 1.88 bits per heavy atom. The van der Waals surface area contributed by atoms with Crippen molar-refractivity contribution in [2.24, 2.45) is 0 Å². The summed E-state index contributed by atoms with van der Waals surface area (Å²) in [7, 11) is 1.64. The van der Waals surface area contributed by atoms with E-state index in [-0.39, 0.29) is 4.83 Å². The van der Waals surface area contributed by atoms with Crippen molar-refractivity contribution >= 4 is 22.2 Å². The van der Waals surface area contributed by atoms with Gasteiger partial charge in [-0.1, -0.05) is 15.9 Å². The van der Waals surface area contributed by atoms with Gasteiger partial charge in [-0.15, -0.1) is 0 Å². The van der Waals surface area contributed by atoms with E-state index in [1.165, 1.54) is 0 Å². The number of aldehydes is 1. The van der Waals surface area contributed by atoms with E-state index in [1.807, 2.05) is 26.0 Å². The van der Waals surface area contributed by atoms with E-state index in [9.17, 15) is 4.79 Å². The third-order valence-corrected chi connectivity index (χ3v) is 3.19. The van der Waals surface area contributed by atoms with Crippen LogP contribution in [0.3, 0.4) is 0 Å². The third-order valence-electron chi connectivity index (χ3n) is 2.52. The van der Waals surface area contributed by atoms with Crippen LogP contribution in [0.2, 0.25) is 0 Å². The fourth-order valence-electron chi connectivity index (χ4n) is 1.76. The third kappa shape index (κ3) is 3.82. The van der Waals surface area contributed by atoms with Gasteiger partial charge in [0.15, 0.2) is 0 Å². The molecule has 17 heavy (non-hydrogen) atoms. The topological polar surface area (TPSA) is 35.5 Å². The Labute approximate surface area is 110 Å². The van der Waals surface area contributed by atoms with Crippen molar-refractivity contribution in [2.45, 2.75) is 18.7 Å². The molecule has 0 aromatic heterocycles. The van der Waals surface area contributed by atoms with Gasteiger partial charge in [0, 0.05) is 7.11 Å². The van der Waals surface area contributed by atoms with Crippen LogP contribution in [0.4, 0.5) is 0 Å². The fourth-order valence-corrected chi connectivity index (χ4v) is 2.49. The molecule has 0 aliphatic rings. The molecule has 1 aromatic carbocycles. The Balaban J connectivity index is 2.89. The van der Waals surface area contributed by atoms with Crippen LogP contribution in [-0.2, 0) is 9.53 Å². The van der Waals surface area contributed by atoms with E-state index in [4.69, 9.17) is 9.47 Å². The molecule has 1 rings (SSSR count). The molecule has 0 spiro atoms. The summed E-state index contributed by atoms with van der Waals surface area (Å²) >= 11 is 3.35. The smallest absolute Gasteiger partial charge is 0.138 e. The normalized spacial score (nSPS) is 12.2. The second-order valence-corrected chi connectivity index (χ2v) is 4.84. The number of ether oxygens (including phenoxy) is 2. The highest BCUT2D eigenvalue weighted by molar-refractivity contribution is 9.09. The fraction of sp³-hybridized carbons (Fsp3) is 0.462. The maximum absolute atomic E-state index is 10.8. The van der Waals surface area contributed by atoms with Crippen molar-refractivity contribution in [3.05, 3.63) is 28.8 Å². The molecule has 0 heterocycles. The summed E-state index contributed by atoms with van der Waals surface area (Å²) in [5.74, 6) is 0.811. The number of benzene rings is 1. The number of hydrogen-bond acceptors (Lipinski definition) is 3. The van der Waals surface area contributed by atoms with E-state index < -0.39 is 0 Å². The molecular formula is C13H17BrO3. The molecule has 0 saturated heterocycles. The van der Waals surface area contributed by atoms with Crippen LogP contribution >= 0.6 is 15.9 Å². The van der Waals surface area contributed by atoms with Gasteiger partial charge in [-0.2, -0.15) is 0 Å². The molecule has 0 aliphatic heterocycles. The van der Waals surface area contributed by atoms with E-state index in [0.717, 1.165) is 28.7 Å². The predicted molar refractivity (Wildman–Crippen MR) is 71.0 cm³/mol. The van der Waals surface area contributed by atoms with Crippen molar-refractivity contribution < 1.29 is 14.3 Å². The molecule has 0 saturated carbocycles. The van der Waals surface area contributed by atoms with Crippen molar-refractivity contribution in [2.75, 3.05) is 20.3 Å². The van der Waals surface area contributed by atoms with Gasteiger partial charge in [0.25, 0.3) is 0 Å². The number of hydrogen-bond donors (Lipinski definition) is 0. The number of aryl methyl sites for hydroxylation is 2. The van der Waals surface area contributed by atoms with Gasteiger partial charge in [-0.25, -0.2) is 0 Å². The van der Waals surface area contributed by atoms with Gasteiger partial charge in [0.1, 0.15) is 18.6 Å². The highest BCUT2D eigenvalue weighted by atomic mass is 79.9. The lowest BCUT2D eigenvalue weighted by molar-refractivity contribution is -0.107. The number of carbonyl (C=O) groups excluding carboxylic acids is 1. The maximum atomic E-state index is 10.8. The second-order valence-electron chi connectivity index (χ2n) is 3.85. The Kier molecular flexibility index (Phi) is 5.65. The van der Waals surface area contributed by atoms with Crippen molar-refractivity contribution in [1.82, 2.24) is 0 Å². The van der Waals surface area contributed by atoms with Gasteiger partial charge >= 0.3 is 0 Å². The monoisotopic (exact) mass is 300 g/mol. The molecule has 0 N–H and O–H groups in total. The van der Waals surface area contributed by atoms with Crippen LogP contribution in [0.1, 0.15) is 21.5 Å². The van der Waals surface area contributed by atoms with E-state index in [2.05, 4.69) is 15.9 Å².